The monoisotopic (exact) mass is 412 g/mol. The zero-order valence-electron chi connectivity index (χ0n) is 16.0. The predicted molar refractivity (Wildman–Crippen MR) is 107 cm³/mol. The molecule has 2 amide bonds. The van der Waals surface area contributed by atoms with Crippen molar-refractivity contribution in [2.24, 2.45) is 17.6 Å². The molecule has 26 heavy (non-hydrogen) atoms. The lowest BCUT2D eigenvalue weighted by Crippen LogP contribution is -2.56. The summed E-state index contributed by atoms with van der Waals surface area (Å²) in [5.74, 6) is -0.0194. The fourth-order valence-corrected chi connectivity index (χ4v) is 3.07. The molecule has 3 N–H and O–H groups in total. The maximum atomic E-state index is 12.5. The second-order valence-electron chi connectivity index (χ2n) is 7.46. The number of hydrogen-bond donors (Lipinski definition) is 2. The Kier molecular flexibility index (Phi) is 11.0. The number of ether oxygens (including phenoxy) is 1. The molecule has 2 atom stereocenters. The van der Waals surface area contributed by atoms with Crippen molar-refractivity contribution in [2.45, 2.75) is 32.7 Å². The second-order valence-corrected chi connectivity index (χ2v) is 7.46. The standard InChI is InChI=1S/C17H32N4O3.2ClH/c1-13(2)17(3,12-18)19-16(23)14-10-15(22)21(11-14)5-4-20-6-8-24-9-7-20;;/h13-14H,4-12,18H2,1-3H3,(H,19,23);2*1H. The Morgan fingerprint density at radius 1 is 1.31 bits per heavy atom. The van der Waals surface area contributed by atoms with Crippen LogP contribution in [0.3, 0.4) is 0 Å². The molecule has 2 aliphatic heterocycles. The summed E-state index contributed by atoms with van der Waals surface area (Å²) in [4.78, 5) is 28.9. The fraction of sp³-hybridized carbons (Fsp3) is 0.882. The number of nitrogens with one attached hydrogen (secondary N) is 1. The van der Waals surface area contributed by atoms with Crippen molar-refractivity contribution in [3.63, 3.8) is 0 Å². The Morgan fingerprint density at radius 2 is 1.92 bits per heavy atom. The molecule has 0 bridgehead atoms. The number of nitrogens with two attached hydrogens (primary N) is 1. The lowest BCUT2D eigenvalue weighted by atomic mass is 9.87. The third kappa shape index (κ3) is 6.53. The van der Waals surface area contributed by atoms with Crippen LogP contribution in [-0.4, -0.2) is 79.6 Å². The molecular weight excluding hydrogens is 379 g/mol. The number of carbonyl (C=O) groups is 2. The zero-order valence-corrected chi connectivity index (χ0v) is 17.7. The molecule has 0 aliphatic carbocycles. The highest BCUT2D eigenvalue weighted by molar-refractivity contribution is 5.89. The van der Waals surface area contributed by atoms with Crippen LogP contribution in [0.5, 0.6) is 0 Å². The summed E-state index contributed by atoms with van der Waals surface area (Å²) >= 11 is 0. The Labute approximate surface area is 169 Å². The number of amides is 2. The van der Waals surface area contributed by atoms with Gasteiger partial charge in [-0.25, -0.2) is 0 Å². The molecule has 2 unspecified atom stereocenters. The summed E-state index contributed by atoms with van der Waals surface area (Å²) in [6, 6.07) is 0. The van der Waals surface area contributed by atoms with Gasteiger partial charge in [0.2, 0.25) is 11.8 Å². The van der Waals surface area contributed by atoms with Gasteiger partial charge < -0.3 is 20.7 Å². The quantitative estimate of drug-likeness (QED) is 0.635. The van der Waals surface area contributed by atoms with Gasteiger partial charge >= 0.3 is 0 Å². The second kappa shape index (κ2) is 11.3. The summed E-state index contributed by atoms with van der Waals surface area (Å²) < 4.78 is 5.33. The SMILES string of the molecule is CC(C)C(C)(CN)NC(=O)C1CC(=O)N(CCN2CCOCC2)C1.Cl.Cl. The van der Waals surface area contributed by atoms with Gasteiger partial charge in [0, 0.05) is 45.7 Å². The highest BCUT2D eigenvalue weighted by Gasteiger charge is 2.37. The van der Waals surface area contributed by atoms with Crippen LogP contribution in [0.15, 0.2) is 0 Å². The van der Waals surface area contributed by atoms with Crippen molar-refractivity contribution in [3.8, 4) is 0 Å². The molecule has 0 saturated carbocycles. The van der Waals surface area contributed by atoms with E-state index in [2.05, 4.69) is 10.2 Å². The molecule has 2 fully saturated rings. The largest absolute Gasteiger partial charge is 0.379 e. The van der Waals surface area contributed by atoms with E-state index in [4.69, 9.17) is 10.5 Å². The third-order valence-electron chi connectivity index (χ3n) is 5.48. The molecule has 9 heteroatoms. The summed E-state index contributed by atoms with van der Waals surface area (Å²) in [6.07, 6.45) is 0.299. The number of morpholine rings is 1. The first kappa shape index (κ1) is 25.4. The molecule has 2 rings (SSSR count). The molecule has 0 aromatic carbocycles. The smallest absolute Gasteiger partial charge is 0.225 e. The minimum absolute atomic E-state index is 0. The van der Waals surface area contributed by atoms with Crippen LogP contribution in [-0.2, 0) is 14.3 Å². The molecule has 2 heterocycles. The van der Waals surface area contributed by atoms with E-state index < -0.39 is 5.54 Å². The number of halogens is 2. The summed E-state index contributed by atoms with van der Waals surface area (Å²) in [6.45, 7) is 11.8. The van der Waals surface area contributed by atoms with E-state index in [-0.39, 0.29) is 48.5 Å². The Morgan fingerprint density at radius 3 is 2.46 bits per heavy atom. The zero-order chi connectivity index (χ0) is 17.7. The van der Waals surface area contributed by atoms with Crippen molar-refractivity contribution < 1.29 is 14.3 Å². The third-order valence-corrected chi connectivity index (χ3v) is 5.48. The van der Waals surface area contributed by atoms with Gasteiger partial charge in [0.1, 0.15) is 0 Å². The maximum absolute atomic E-state index is 12.5. The molecule has 0 aromatic heterocycles. The Hall–Kier alpha value is -0.600. The van der Waals surface area contributed by atoms with E-state index >= 15 is 0 Å². The lowest BCUT2D eigenvalue weighted by molar-refractivity contribution is -0.129. The molecule has 0 radical (unpaired) electrons. The highest BCUT2D eigenvalue weighted by atomic mass is 35.5. The summed E-state index contributed by atoms with van der Waals surface area (Å²) in [5.41, 5.74) is 5.40. The van der Waals surface area contributed by atoms with Gasteiger partial charge in [-0.2, -0.15) is 0 Å². The van der Waals surface area contributed by atoms with E-state index in [9.17, 15) is 9.59 Å². The first-order valence-electron chi connectivity index (χ1n) is 8.95. The van der Waals surface area contributed by atoms with E-state index in [0.717, 1.165) is 32.8 Å². The van der Waals surface area contributed by atoms with Crippen LogP contribution in [0.2, 0.25) is 0 Å². The molecule has 2 saturated heterocycles. The van der Waals surface area contributed by atoms with E-state index in [1.807, 2.05) is 25.7 Å². The minimum atomic E-state index is -0.429. The number of nitrogens with zero attached hydrogens (tertiary/aromatic N) is 2. The van der Waals surface area contributed by atoms with Crippen LogP contribution >= 0.6 is 24.8 Å². The van der Waals surface area contributed by atoms with E-state index in [1.165, 1.54) is 0 Å². The van der Waals surface area contributed by atoms with Crippen molar-refractivity contribution in [3.05, 3.63) is 0 Å². The molecule has 7 nitrogen and oxygen atoms in total. The predicted octanol–water partition coefficient (Wildman–Crippen LogP) is 0.500. The van der Waals surface area contributed by atoms with Gasteiger partial charge in [0.25, 0.3) is 0 Å². The lowest BCUT2D eigenvalue weighted by Gasteiger charge is -2.34. The molecular formula is C17H34Cl2N4O3. The van der Waals surface area contributed by atoms with Gasteiger partial charge in [0.05, 0.1) is 24.7 Å². The number of rotatable bonds is 7. The van der Waals surface area contributed by atoms with Crippen LogP contribution in [0.4, 0.5) is 0 Å². The average molecular weight is 413 g/mol. The maximum Gasteiger partial charge on any atom is 0.225 e. The number of likely N-dealkylation sites (tertiary alicyclic amines) is 1. The van der Waals surface area contributed by atoms with Crippen molar-refractivity contribution >= 4 is 36.6 Å². The van der Waals surface area contributed by atoms with Gasteiger partial charge in [-0.3, -0.25) is 14.5 Å². The topological polar surface area (TPSA) is 87.9 Å². The van der Waals surface area contributed by atoms with Gasteiger partial charge in [-0.05, 0) is 12.8 Å². The van der Waals surface area contributed by atoms with Crippen LogP contribution < -0.4 is 11.1 Å². The first-order chi connectivity index (χ1) is 11.4. The minimum Gasteiger partial charge on any atom is -0.379 e. The average Bonchev–Trinajstić information content (AvgIpc) is 2.94. The van der Waals surface area contributed by atoms with Gasteiger partial charge in [-0.1, -0.05) is 13.8 Å². The summed E-state index contributed by atoms with van der Waals surface area (Å²) in [5, 5.41) is 3.06. The van der Waals surface area contributed by atoms with E-state index in [1.54, 1.807) is 0 Å². The molecule has 0 aromatic rings. The van der Waals surface area contributed by atoms with E-state index in [0.29, 0.717) is 26.1 Å². The van der Waals surface area contributed by atoms with Crippen LogP contribution in [0, 0.1) is 11.8 Å². The highest BCUT2D eigenvalue weighted by Crippen LogP contribution is 2.21. The fourth-order valence-electron chi connectivity index (χ4n) is 3.07. The van der Waals surface area contributed by atoms with Crippen LogP contribution in [0.1, 0.15) is 27.2 Å². The molecule has 154 valence electrons. The van der Waals surface area contributed by atoms with Crippen molar-refractivity contribution in [2.75, 3.05) is 52.5 Å². The van der Waals surface area contributed by atoms with Crippen molar-refractivity contribution in [1.29, 1.82) is 0 Å². The Bertz CT molecular complexity index is 461. The normalized spacial score (nSPS) is 23.2. The molecule has 2 aliphatic rings. The molecule has 0 spiro atoms. The Balaban J connectivity index is 0.00000312. The van der Waals surface area contributed by atoms with Gasteiger partial charge in [-0.15, -0.1) is 24.8 Å². The number of hydrogen-bond acceptors (Lipinski definition) is 5. The van der Waals surface area contributed by atoms with Crippen molar-refractivity contribution in [1.82, 2.24) is 15.1 Å². The first-order valence-corrected chi connectivity index (χ1v) is 8.95. The van der Waals surface area contributed by atoms with Gasteiger partial charge in [0.15, 0.2) is 0 Å². The number of carbonyl (C=O) groups excluding carboxylic acids is 2. The van der Waals surface area contributed by atoms with Crippen LogP contribution in [0.25, 0.3) is 0 Å². The summed E-state index contributed by atoms with van der Waals surface area (Å²) in [7, 11) is 0.